The van der Waals surface area contributed by atoms with Crippen LogP contribution in [0.15, 0.2) is 33.8 Å². The molecule has 0 bridgehead atoms. The van der Waals surface area contributed by atoms with E-state index < -0.39 is 10.0 Å². The van der Waals surface area contributed by atoms with Crippen molar-refractivity contribution in [1.29, 1.82) is 0 Å². The number of nitrogens with zero attached hydrogens (tertiary/aromatic N) is 2. The molecular weight excluding hydrogens is 362 g/mol. The second kappa shape index (κ2) is 6.72. The molecule has 0 aliphatic carbocycles. The molecule has 0 spiro atoms. The van der Waals surface area contributed by atoms with Gasteiger partial charge in [-0.2, -0.15) is 0 Å². The Balaban J connectivity index is 2.10. The van der Waals surface area contributed by atoms with E-state index in [0.717, 1.165) is 24.2 Å². The number of aryl methyl sites for hydroxylation is 1. The van der Waals surface area contributed by atoms with Crippen LogP contribution in [0.3, 0.4) is 0 Å². The molecule has 0 aliphatic rings. The molecule has 1 aromatic carbocycles. The summed E-state index contributed by atoms with van der Waals surface area (Å²) in [6.45, 7) is 5.90. The van der Waals surface area contributed by atoms with Crippen LogP contribution in [0.1, 0.15) is 31.6 Å². The Kier molecular flexibility index (Phi) is 4.79. The third-order valence-electron chi connectivity index (χ3n) is 4.17. The highest BCUT2D eigenvalue weighted by Gasteiger charge is 2.30. The van der Waals surface area contributed by atoms with E-state index in [4.69, 9.17) is 16.1 Å². The number of sulfonamides is 1. The van der Waals surface area contributed by atoms with E-state index in [9.17, 15) is 8.42 Å². The maximum Gasteiger partial charge on any atom is 0.267 e. The summed E-state index contributed by atoms with van der Waals surface area (Å²) < 4.78 is 33.1. The van der Waals surface area contributed by atoms with E-state index in [1.54, 1.807) is 25.1 Å². The van der Waals surface area contributed by atoms with Gasteiger partial charge in [0.25, 0.3) is 10.0 Å². The zero-order valence-corrected chi connectivity index (χ0v) is 15.9. The average Bonchev–Trinajstić information content (AvgIpc) is 3.14. The summed E-state index contributed by atoms with van der Waals surface area (Å²) in [4.78, 5) is 3.17. The second-order valence-electron chi connectivity index (χ2n) is 5.82. The third-order valence-corrected chi connectivity index (χ3v) is 6.31. The lowest BCUT2D eigenvalue weighted by Crippen LogP contribution is -2.31. The van der Waals surface area contributed by atoms with Gasteiger partial charge in [0, 0.05) is 40.7 Å². The van der Waals surface area contributed by atoms with Crippen molar-refractivity contribution in [2.24, 2.45) is 0 Å². The van der Waals surface area contributed by atoms with Crippen LogP contribution in [0.4, 0.5) is 5.82 Å². The summed E-state index contributed by atoms with van der Waals surface area (Å²) in [7, 11) is -3.79. The highest BCUT2D eigenvalue weighted by Crippen LogP contribution is 2.32. The van der Waals surface area contributed by atoms with Crippen molar-refractivity contribution < 1.29 is 12.9 Å². The SMILES string of the molecule is CCCc1onc(N(CC)S(=O)(=O)c2c[nH]c3cc(Cl)ccc23)c1C. The third kappa shape index (κ3) is 3.02. The van der Waals surface area contributed by atoms with Gasteiger partial charge in [-0.25, -0.2) is 12.7 Å². The predicted molar refractivity (Wildman–Crippen MR) is 98.7 cm³/mol. The normalized spacial score (nSPS) is 12.0. The maximum absolute atomic E-state index is 13.2. The zero-order valence-electron chi connectivity index (χ0n) is 14.3. The zero-order chi connectivity index (χ0) is 18.2. The van der Waals surface area contributed by atoms with Crippen LogP contribution < -0.4 is 4.31 Å². The molecular formula is C17H20ClN3O3S. The van der Waals surface area contributed by atoms with Crippen molar-refractivity contribution in [3.05, 3.63) is 40.7 Å². The lowest BCUT2D eigenvalue weighted by Gasteiger charge is -2.20. The van der Waals surface area contributed by atoms with E-state index >= 15 is 0 Å². The first-order valence-corrected chi connectivity index (χ1v) is 9.96. The summed E-state index contributed by atoms with van der Waals surface area (Å²) in [5, 5.41) is 5.16. The van der Waals surface area contributed by atoms with Gasteiger partial charge in [-0.1, -0.05) is 23.7 Å². The molecule has 2 aromatic heterocycles. The quantitative estimate of drug-likeness (QED) is 0.690. The average molecular weight is 382 g/mol. The number of halogens is 1. The lowest BCUT2D eigenvalue weighted by atomic mass is 10.2. The van der Waals surface area contributed by atoms with Crippen LogP contribution in [0.2, 0.25) is 5.02 Å². The van der Waals surface area contributed by atoms with Gasteiger partial charge in [0.2, 0.25) is 0 Å². The van der Waals surface area contributed by atoms with E-state index in [1.165, 1.54) is 10.5 Å². The number of aromatic nitrogens is 2. The predicted octanol–water partition coefficient (Wildman–Crippen LogP) is 4.29. The number of rotatable bonds is 6. The largest absolute Gasteiger partial charge is 0.360 e. The standard InChI is InChI=1S/C17H20ClN3O3S/c1-4-6-15-11(3)17(20-24-15)21(5-2)25(22,23)16-10-19-14-9-12(18)7-8-13(14)16/h7-10,19H,4-6H2,1-3H3. The van der Waals surface area contributed by atoms with Gasteiger partial charge in [-0.3, -0.25) is 0 Å². The fourth-order valence-corrected chi connectivity index (χ4v) is 4.70. The molecule has 0 radical (unpaired) electrons. The van der Waals surface area contributed by atoms with Crippen LogP contribution in [-0.2, 0) is 16.4 Å². The van der Waals surface area contributed by atoms with Gasteiger partial charge in [-0.15, -0.1) is 0 Å². The molecule has 3 aromatic rings. The molecule has 2 heterocycles. The van der Waals surface area contributed by atoms with Crippen LogP contribution in [0.25, 0.3) is 10.9 Å². The molecule has 1 N–H and O–H groups in total. The van der Waals surface area contributed by atoms with Crippen LogP contribution >= 0.6 is 11.6 Å². The van der Waals surface area contributed by atoms with E-state index in [1.807, 2.05) is 13.8 Å². The molecule has 3 rings (SSSR count). The summed E-state index contributed by atoms with van der Waals surface area (Å²) in [6, 6.07) is 5.08. The number of nitrogens with one attached hydrogen (secondary N) is 1. The van der Waals surface area contributed by atoms with Gasteiger partial charge in [0.15, 0.2) is 5.82 Å². The molecule has 6 nitrogen and oxygen atoms in total. The molecule has 25 heavy (non-hydrogen) atoms. The summed E-state index contributed by atoms with van der Waals surface area (Å²) in [5.74, 6) is 1.06. The smallest absolute Gasteiger partial charge is 0.267 e. The minimum Gasteiger partial charge on any atom is -0.360 e. The fourth-order valence-electron chi connectivity index (χ4n) is 2.89. The Morgan fingerprint density at radius 1 is 1.32 bits per heavy atom. The van der Waals surface area contributed by atoms with Gasteiger partial charge in [0.05, 0.1) is 0 Å². The van der Waals surface area contributed by atoms with Crippen molar-refractivity contribution in [2.75, 3.05) is 10.8 Å². The number of benzene rings is 1. The molecule has 134 valence electrons. The van der Waals surface area contributed by atoms with Gasteiger partial charge < -0.3 is 9.51 Å². The number of H-pyrrole nitrogens is 1. The molecule has 0 aliphatic heterocycles. The Morgan fingerprint density at radius 3 is 2.76 bits per heavy atom. The molecule has 0 unspecified atom stereocenters. The number of hydrogen-bond acceptors (Lipinski definition) is 4. The number of aromatic amines is 1. The Labute approximate surface area is 151 Å². The highest BCUT2D eigenvalue weighted by molar-refractivity contribution is 7.93. The Morgan fingerprint density at radius 2 is 2.08 bits per heavy atom. The summed E-state index contributed by atoms with van der Waals surface area (Å²) >= 11 is 5.98. The minimum atomic E-state index is -3.79. The van der Waals surface area contributed by atoms with Crippen molar-refractivity contribution in [3.63, 3.8) is 0 Å². The van der Waals surface area contributed by atoms with Crippen molar-refractivity contribution in [1.82, 2.24) is 10.1 Å². The molecule has 0 saturated heterocycles. The fraction of sp³-hybridized carbons (Fsp3) is 0.353. The molecule has 8 heteroatoms. The van der Waals surface area contributed by atoms with Crippen molar-refractivity contribution >= 4 is 38.3 Å². The monoisotopic (exact) mass is 381 g/mol. The first kappa shape index (κ1) is 17.8. The molecule has 0 fully saturated rings. The highest BCUT2D eigenvalue weighted by atomic mass is 35.5. The van der Waals surface area contributed by atoms with Crippen LogP contribution in [0, 0.1) is 6.92 Å². The van der Waals surface area contributed by atoms with Gasteiger partial charge >= 0.3 is 0 Å². The minimum absolute atomic E-state index is 0.195. The topological polar surface area (TPSA) is 79.2 Å². The molecule has 0 amide bonds. The first-order valence-electron chi connectivity index (χ1n) is 8.14. The maximum atomic E-state index is 13.2. The number of fused-ring (bicyclic) bond motifs is 1. The van der Waals surface area contributed by atoms with E-state index in [-0.39, 0.29) is 11.4 Å². The van der Waals surface area contributed by atoms with Crippen LogP contribution in [-0.4, -0.2) is 25.1 Å². The number of anilines is 1. The molecule has 0 saturated carbocycles. The Bertz CT molecular complexity index is 1010. The van der Waals surface area contributed by atoms with E-state index in [2.05, 4.69) is 10.1 Å². The second-order valence-corrected chi connectivity index (χ2v) is 8.08. The Hall–Kier alpha value is -1.99. The van der Waals surface area contributed by atoms with Gasteiger partial charge in [0.1, 0.15) is 10.7 Å². The first-order chi connectivity index (χ1) is 11.9. The van der Waals surface area contributed by atoms with Gasteiger partial charge in [-0.05, 0) is 38.5 Å². The summed E-state index contributed by atoms with van der Waals surface area (Å²) in [5.41, 5.74) is 1.43. The van der Waals surface area contributed by atoms with Crippen molar-refractivity contribution in [3.8, 4) is 0 Å². The van der Waals surface area contributed by atoms with E-state index in [0.29, 0.717) is 21.7 Å². The summed E-state index contributed by atoms with van der Waals surface area (Å²) in [6.07, 6.45) is 3.11. The molecule has 0 atom stereocenters. The van der Waals surface area contributed by atoms with Crippen molar-refractivity contribution in [2.45, 2.75) is 38.5 Å². The lowest BCUT2D eigenvalue weighted by molar-refractivity contribution is 0.382. The van der Waals surface area contributed by atoms with Crippen LogP contribution in [0.5, 0.6) is 0 Å². The number of hydrogen-bond donors (Lipinski definition) is 1.